The van der Waals surface area contributed by atoms with Crippen LogP contribution in [-0.2, 0) is 0 Å². The van der Waals surface area contributed by atoms with Gasteiger partial charge in [-0.1, -0.05) is 18.2 Å². The molecule has 0 fully saturated rings. The minimum Gasteiger partial charge on any atom is -0.476 e. The molecule has 0 aliphatic carbocycles. The van der Waals surface area contributed by atoms with Crippen molar-refractivity contribution in [1.29, 1.82) is 0 Å². The van der Waals surface area contributed by atoms with Crippen molar-refractivity contribution in [3.05, 3.63) is 48.4 Å². The third-order valence-electron chi connectivity index (χ3n) is 2.71. The highest BCUT2D eigenvalue weighted by atomic mass is 16.4. The smallest absolute Gasteiger partial charge is 0.355 e. The van der Waals surface area contributed by atoms with E-state index in [0.717, 1.165) is 10.8 Å². The molecule has 0 aliphatic heterocycles. The van der Waals surface area contributed by atoms with Crippen molar-refractivity contribution in [3.63, 3.8) is 0 Å². The number of carbonyl (C=O) groups is 1. The van der Waals surface area contributed by atoms with Gasteiger partial charge in [-0.3, -0.25) is 4.98 Å². The first-order chi connectivity index (χ1) is 8.27. The van der Waals surface area contributed by atoms with Gasteiger partial charge in [0.2, 0.25) is 0 Å². The third-order valence-corrected chi connectivity index (χ3v) is 2.71. The van der Waals surface area contributed by atoms with Crippen molar-refractivity contribution in [2.45, 2.75) is 0 Å². The number of aromatic nitrogens is 2. The van der Waals surface area contributed by atoms with Gasteiger partial charge in [0.15, 0.2) is 5.69 Å². The zero-order valence-corrected chi connectivity index (χ0v) is 8.79. The van der Waals surface area contributed by atoms with Crippen LogP contribution in [0.3, 0.4) is 0 Å². The zero-order valence-electron chi connectivity index (χ0n) is 8.79. The lowest BCUT2D eigenvalue weighted by Gasteiger charge is -2.05. The number of benzene rings is 1. The Morgan fingerprint density at radius 1 is 1.06 bits per heavy atom. The predicted octanol–water partition coefficient (Wildman–Crippen LogP) is 2.48. The van der Waals surface area contributed by atoms with E-state index in [0.29, 0.717) is 10.9 Å². The van der Waals surface area contributed by atoms with Gasteiger partial charge in [-0.05, 0) is 12.1 Å². The van der Waals surface area contributed by atoms with Crippen LogP contribution in [0.2, 0.25) is 0 Å². The standard InChI is InChI=1S/C13H8N2O2/c16-13(17)12-9-5-6-14-7-10(9)8-3-1-2-4-11(8)15-12/h1-7H,(H,16,17). The SMILES string of the molecule is O=C(O)c1nc2ccccc2c2cnccc12. The fourth-order valence-electron chi connectivity index (χ4n) is 1.96. The molecule has 0 bridgehead atoms. The van der Waals surface area contributed by atoms with Crippen LogP contribution in [0.25, 0.3) is 21.7 Å². The highest BCUT2D eigenvalue weighted by Crippen LogP contribution is 2.25. The maximum atomic E-state index is 11.2. The highest BCUT2D eigenvalue weighted by Gasteiger charge is 2.13. The molecule has 0 spiro atoms. The van der Waals surface area contributed by atoms with Crippen LogP contribution in [0, 0.1) is 0 Å². The lowest BCUT2D eigenvalue weighted by atomic mass is 10.1. The Labute approximate surface area is 96.6 Å². The molecule has 3 rings (SSSR count). The second-order valence-corrected chi connectivity index (χ2v) is 3.70. The molecule has 1 N–H and O–H groups in total. The average molecular weight is 224 g/mol. The van der Waals surface area contributed by atoms with Crippen molar-refractivity contribution in [3.8, 4) is 0 Å². The molecule has 0 radical (unpaired) electrons. The van der Waals surface area contributed by atoms with E-state index >= 15 is 0 Å². The van der Waals surface area contributed by atoms with Crippen LogP contribution in [0.5, 0.6) is 0 Å². The first-order valence-electron chi connectivity index (χ1n) is 5.13. The van der Waals surface area contributed by atoms with Gasteiger partial charge < -0.3 is 5.11 Å². The number of nitrogens with zero attached hydrogens (tertiary/aromatic N) is 2. The number of rotatable bonds is 1. The first kappa shape index (κ1) is 9.72. The van der Waals surface area contributed by atoms with Crippen LogP contribution in [0.4, 0.5) is 0 Å². The molecule has 82 valence electrons. The van der Waals surface area contributed by atoms with Gasteiger partial charge in [0, 0.05) is 28.6 Å². The molecular weight excluding hydrogens is 216 g/mol. The quantitative estimate of drug-likeness (QED) is 0.645. The molecule has 1 aromatic carbocycles. The monoisotopic (exact) mass is 224 g/mol. The van der Waals surface area contributed by atoms with Crippen molar-refractivity contribution in [1.82, 2.24) is 9.97 Å². The largest absolute Gasteiger partial charge is 0.476 e. The molecular formula is C13H8N2O2. The lowest BCUT2D eigenvalue weighted by molar-refractivity contribution is 0.0693. The molecule has 0 saturated heterocycles. The molecule has 0 amide bonds. The molecule has 4 nitrogen and oxygen atoms in total. The summed E-state index contributed by atoms with van der Waals surface area (Å²) < 4.78 is 0. The molecule has 0 aliphatic rings. The Balaban J connectivity index is 2.59. The first-order valence-corrected chi connectivity index (χ1v) is 5.13. The number of pyridine rings is 2. The average Bonchev–Trinajstić information content (AvgIpc) is 2.37. The van der Waals surface area contributed by atoms with Gasteiger partial charge in [0.25, 0.3) is 0 Å². The summed E-state index contributed by atoms with van der Waals surface area (Å²) in [7, 11) is 0. The number of carboxylic acids is 1. The van der Waals surface area contributed by atoms with E-state index in [4.69, 9.17) is 5.11 Å². The minimum atomic E-state index is -1.02. The third kappa shape index (κ3) is 1.42. The number of para-hydroxylation sites is 1. The fourth-order valence-corrected chi connectivity index (χ4v) is 1.96. The summed E-state index contributed by atoms with van der Waals surface area (Å²) >= 11 is 0. The van der Waals surface area contributed by atoms with E-state index in [9.17, 15) is 4.79 Å². The second-order valence-electron chi connectivity index (χ2n) is 3.70. The topological polar surface area (TPSA) is 63.1 Å². The summed E-state index contributed by atoms with van der Waals surface area (Å²) in [6, 6.07) is 9.13. The Kier molecular flexibility index (Phi) is 2.01. The number of carboxylic acid groups (broad SMARTS) is 1. The van der Waals surface area contributed by atoms with Crippen LogP contribution < -0.4 is 0 Å². The van der Waals surface area contributed by atoms with Gasteiger partial charge in [-0.25, -0.2) is 9.78 Å². The second kappa shape index (κ2) is 3.52. The van der Waals surface area contributed by atoms with Gasteiger partial charge in [-0.15, -0.1) is 0 Å². The van der Waals surface area contributed by atoms with Crippen molar-refractivity contribution >= 4 is 27.6 Å². The molecule has 4 heteroatoms. The molecule has 17 heavy (non-hydrogen) atoms. The minimum absolute atomic E-state index is 0.0705. The summed E-state index contributed by atoms with van der Waals surface area (Å²) in [5.41, 5.74) is 0.742. The van der Waals surface area contributed by atoms with Crippen LogP contribution >= 0.6 is 0 Å². The summed E-state index contributed by atoms with van der Waals surface area (Å²) in [5.74, 6) is -1.02. The Hall–Kier alpha value is -2.49. The van der Waals surface area contributed by atoms with E-state index in [1.807, 2.05) is 18.2 Å². The maximum Gasteiger partial charge on any atom is 0.355 e. The van der Waals surface area contributed by atoms with Crippen LogP contribution in [0.15, 0.2) is 42.7 Å². The van der Waals surface area contributed by atoms with Crippen molar-refractivity contribution in [2.24, 2.45) is 0 Å². The lowest BCUT2D eigenvalue weighted by Crippen LogP contribution is -2.02. The Bertz CT molecular complexity index is 738. The molecule has 0 saturated carbocycles. The van der Waals surface area contributed by atoms with E-state index in [2.05, 4.69) is 9.97 Å². The molecule has 3 aromatic rings. The zero-order chi connectivity index (χ0) is 11.8. The van der Waals surface area contributed by atoms with Gasteiger partial charge in [0.1, 0.15) is 0 Å². The Morgan fingerprint density at radius 3 is 2.71 bits per heavy atom. The summed E-state index contributed by atoms with van der Waals surface area (Å²) in [6.07, 6.45) is 3.25. The number of aromatic carboxylic acids is 1. The molecule has 0 atom stereocenters. The van der Waals surface area contributed by atoms with Crippen molar-refractivity contribution in [2.75, 3.05) is 0 Å². The summed E-state index contributed by atoms with van der Waals surface area (Å²) in [4.78, 5) is 19.4. The number of hydrogen-bond donors (Lipinski definition) is 1. The van der Waals surface area contributed by atoms with E-state index in [1.54, 1.807) is 24.5 Å². The highest BCUT2D eigenvalue weighted by molar-refractivity contribution is 6.12. The van der Waals surface area contributed by atoms with Gasteiger partial charge in [-0.2, -0.15) is 0 Å². The van der Waals surface area contributed by atoms with Crippen molar-refractivity contribution < 1.29 is 9.90 Å². The normalized spacial score (nSPS) is 10.8. The number of hydrogen-bond acceptors (Lipinski definition) is 3. The fraction of sp³-hybridized carbons (Fsp3) is 0. The molecule has 2 aromatic heterocycles. The van der Waals surface area contributed by atoms with Gasteiger partial charge >= 0.3 is 5.97 Å². The maximum absolute atomic E-state index is 11.2. The summed E-state index contributed by atoms with van der Waals surface area (Å²) in [6.45, 7) is 0. The molecule has 0 unspecified atom stereocenters. The van der Waals surface area contributed by atoms with E-state index in [1.165, 1.54) is 0 Å². The summed E-state index contributed by atoms with van der Waals surface area (Å²) in [5, 5.41) is 11.5. The van der Waals surface area contributed by atoms with Crippen LogP contribution in [-0.4, -0.2) is 21.0 Å². The van der Waals surface area contributed by atoms with Gasteiger partial charge in [0.05, 0.1) is 5.52 Å². The van der Waals surface area contributed by atoms with Crippen LogP contribution in [0.1, 0.15) is 10.5 Å². The van der Waals surface area contributed by atoms with E-state index in [-0.39, 0.29) is 5.69 Å². The van der Waals surface area contributed by atoms with E-state index < -0.39 is 5.97 Å². The Morgan fingerprint density at radius 2 is 1.88 bits per heavy atom. The predicted molar refractivity (Wildman–Crippen MR) is 64.0 cm³/mol. The number of fused-ring (bicyclic) bond motifs is 3. The molecule has 2 heterocycles.